The first-order valence-corrected chi connectivity index (χ1v) is 7.11. The van der Waals surface area contributed by atoms with Crippen LogP contribution in [-0.2, 0) is 4.74 Å². The van der Waals surface area contributed by atoms with Crippen LogP contribution < -0.4 is 5.32 Å². The van der Waals surface area contributed by atoms with Crippen molar-refractivity contribution >= 4 is 38.9 Å². The lowest BCUT2D eigenvalue weighted by Crippen LogP contribution is -2.16. The van der Waals surface area contributed by atoms with E-state index in [1.165, 1.54) is 0 Å². The molecule has 1 saturated heterocycles. The molecular formula is C13H16BrClN2O. The van der Waals surface area contributed by atoms with Crippen molar-refractivity contribution in [2.75, 3.05) is 25.1 Å². The fourth-order valence-electron chi connectivity index (χ4n) is 2.09. The summed E-state index contributed by atoms with van der Waals surface area (Å²) in [4.78, 5) is 0. The monoisotopic (exact) mass is 330 g/mol. The molecule has 0 radical (unpaired) electrons. The molecule has 0 amide bonds. The van der Waals surface area contributed by atoms with Crippen LogP contribution in [-0.4, -0.2) is 25.5 Å². The van der Waals surface area contributed by atoms with E-state index in [1.807, 2.05) is 12.1 Å². The number of anilines is 1. The summed E-state index contributed by atoms with van der Waals surface area (Å²) in [6, 6.07) is 3.79. The third-order valence-corrected chi connectivity index (χ3v) is 3.79. The van der Waals surface area contributed by atoms with Gasteiger partial charge in [0.2, 0.25) is 0 Å². The van der Waals surface area contributed by atoms with Gasteiger partial charge in [-0.1, -0.05) is 27.5 Å². The number of hydrogen-bond acceptors (Lipinski definition) is 3. The van der Waals surface area contributed by atoms with Crippen LogP contribution in [0.15, 0.2) is 16.6 Å². The van der Waals surface area contributed by atoms with Crippen molar-refractivity contribution in [3.63, 3.8) is 0 Å². The second-order valence-corrected chi connectivity index (χ2v) is 5.87. The molecule has 1 heterocycles. The molecule has 2 N–H and O–H groups in total. The van der Waals surface area contributed by atoms with Crippen LogP contribution in [0.3, 0.4) is 0 Å². The van der Waals surface area contributed by atoms with Crippen LogP contribution >= 0.6 is 27.5 Å². The van der Waals surface area contributed by atoms with Gasteiger partial charge in [-0.05, 0) is 25.5 Å². The maximum absolute atomic E-state index is 7.81. The molecule has 2 rings (SSSR count). The molecule has 0 aliphatic carbocycles. The number of halogens is 2. The quantitative estimate of drug-likeness (QED) is 0.821. The Bertz CT molecular complexity index is 459. The van der Waals surface area contributed by atoms with Gasteiger partial charge in [-0.3, -0.25) is 0 Å². The van der Waals surface area contributed by atoms with Crippen LogP contribution in [0.2, 0.25) is 5.02 Å². The molecular weight excluding hydrogens is 316 g/mol. The molecule has 0 bridgehead atoms. The van der Waals surface area contributed by atoms with Crippen molar-refractivity contribution in [3.8, 4) is 0 Å². The molecule has 1 atom stereocenters. The van der Waals surface area contributed by atoms with Crippen LogP contribution in [0.1, 0.15) is 18.9 Å². The van der Waals surface area contributed by atoms with E-state index in [0.29, 0.717) is 16.7 Å². The van der Waals surface area contributed by atoms with Crippen molar-refractivity contribution < 1.29 is 4.74 Å². The van der Waals surface area contributed by atoms with Gasteiger partial charge in [0.05, 0.1) is 11.6 Å². The summed E-state index contributed by atoms with van der Waals surface area (Å²) >= 11 is 9.62. The largest absolute Gasteiger partial charge is 0.384 e. The van der Waals surface area contributed by atoms with Gasteiger partial charge in [-0.25, -0.2) is 0 Å². The maximum atomic E-state index is 7.81. The van der Waals surface area contributed by atoms with Gasteiger partial charge in [0.25, 0.3) is 0 Å². The minimum atomic E-state index is 0.470. The fraction of sp³-hybridized carbons (Fsp3) is 0.462. The zero-order valence-corrected chi connectivity index (χ0v) is 12.6. The van der Waals surface area contributed by atoms with Crippen molar-refractivity contribution in [1.29, 1.82) is 5.41 Å². The van der Waals surface area contributed by atoms with Gasteiger partial charge in [0, 0.05) is 40.5 Å². The number of hydrogen-bond donors (Lipinski definition) is 2. The van der Waals surface area contributed by atoms with E-state index in [0.717, 1.165) is 41.9 Å². The number of rotatable bonds is 4. The molecule has 1 aliphatic rings. The van der Waals surface area contributed by atoms with E-state index in [4.69, 9.17) is 21.7 Å². The summed E-state index contributed by atoms with van der Waals surface area (Å²) in [7, 11) is 0. The Hall–Kier alpha value is -0.580. The Morgan fingerprint density at radius 2 is 2.39 bits per heavy atom. The molecule has 5 heteroatoms. The molecule has 1 aromatic carbocycles. The van der Waals surface area contributed by atoms with Gasteiger partial charge < -0.3 is 15.5 Å². The summed E-state index contributed by atoms with van der Waals surface area (Å²) in [5.74, 6) is 0.543. The van der Waals surface area contributed by atoms with E-state index < -0.39 is 0 Å². The topological polar surface area (TPSA) is 45.1 Å². The Balaban J connectivity index is 2.16. The minimum absolute atomic E-state index is 0.470. The second-order valence-electron chi connectivity index (χ2n) is 4.55. The zero-order chi connectivity index (χ0) is 13.1. The summed E-state index contributed by atoms with van der Waals surface area (Å²) in [5.41, 5.74) is 2.16. The number of nitrogens with one attached hydrogen (secondary N) is 2. The highest BCUT2D eigenvalue weighted by atomic mass is 79.9. The van der Waals surface area contributed by atoms with Gasteiger partial charge in [0.1, 0.15) is 0 Å². The first kappa shape index (κ1) is 13.8. The molecule has 0 spiro atoms. The standard InChI is InChI=1S/C13H16BrClN2O/c1-8(16)13-11(15)4-10(14)5-12(13)17-6-9-2-3-18-7-9/h4-5,9,16-17H,2-3,6-7H2,1H3. The SMILES string of the molecule is CC(=N)c1c(Cl)cc(Br)cc1NCC1CCOC1. The lowest BCUT2D eigenvalue weighted by Gasteiger charge is -2.16. The Morgan fingerprint density at radius 1 is 1.61 bits per heavy atom. The third kappa shape index (κ3) is 3.25. The van der Waals surface area contributed by atoms with E-state index in [2.05, 4.69) is 21.2 Å². The predicted molar refractivity (Wildman–Crippen MR) is 79.1 cm³/mol. The lowest BCUT2D eigenvalue weighted by atomic mass is 10.1. The molecule has 0 aromatic heterocycles. The average Bonchev–Trinajstić information content (AvgIpc) is 2.77. The van der Waals surface area contributed by atoms with Gasteiger partial charge >= 0.3 is 0 Å². The molecule has 3 nitrogen and oxygen atoms in total. The van der Waals surface area contributed by atoms with Crippen LogP contribution in [0.5, 0.6) is 0 Å². The normalized spacial score (nSPS) is 18.9. The van der Waals surface area contributed by atoms with E-state index >= 15 is 0 Å². The summed E-state index contributed by atoms with van der Waals surface area (Å²) in [6.07, 6.45) is 1.09. The lowest BCUT2D eigenvalue weighted by molar-refractivity contribution is 0.187. The Labute approximate surface area is 120 Å². The zero-order valence-electron chi connectivity index (χ0n) is 10.2. The summed E-state index contributed by atoms with van der Waals surface area (Å²) in [6.45, 7) is 4.27. The first-order chi connectivity index (χ1) is 8.58. The molecule has 98 valence electrons. The van der Waals surface area contributed by atoms with Gasteiger partial charge in [-0.2, -0.15) is 0 Å². The molecule has 1 unspecified atom stereocenters. The van der Waals surface area contributed by atoms with Gasteiger partial charge in [-0.15, -0.1) is 0 Å². The number of benzene rings is 1. The highest BCUT2D eigenvalue weighted by Crippen LogP contribution is 2.30. The van der Waals surface area contributed by atoms with Crippen LogP contribution in [0.25, 0.3) is 0 Å². The molecule has 1 aliphatic heterocycles. The van der Waals surface area contributed by atoms with E-state index in [9.17, 15) is 0 Å². The Morgan fingerprint density at radius 3 is 3.00 bits per heavy atom. The molecule has 1 aromatic rings. The first-order valence-electron chi connectivity index (χ1n) is 5.94. The molecule has 0 saturated carbocycles. The van der Waals surface area contributed by atoms with Crippen molar-refractivity contribution in [3.05, 3.63) is 27.2 Å². The second kappa shape index (κ2) is 6.04. The smallest absolute Gasteiger partial charge is 0.0528 e. The van der Waals surface area contributed by atoms with Gasteiger partial charge in [0.15, 0.2) is 0 Å². The average molecular weight is 332 g/mol. The Kier molecular flexibility index (Phi) is 4.65. The summed E-state index contributed by atoms with van der Waals surface area (Å²) < 4.78 is 6.27. The van der Waals surface area contributed by atoms with Crippen LogP contribution in [0.4, 0.5) is 5.69 Å². The predicted octanol–water partition coefficient (Wildman–Crippen LogP) is 3.94. The van der Waals surface area contributed by atoms with Crippen LogP contribution in [0, 0.1) is 11.3 Å². The van der Waals surface area contributed by atoms with E-state index in [1.54, 1.807) is 6.92 Å². The highest BCUT2D eigenvalue weighted by molar-refractivity contribution is 9.10. The highest BCUT2D eigenvalue weighted by Gasteiger charge is 2.17. The maximum Gasteiger partial charge on any atom is 0.0528 e. The third-order valence-electron chi connectivity index (χ3n) is 3.04. The number of ether oxygens (including phenoxy) is 1. The molecule has 18 heavy (non-hydrogen) atoms. The summed E-state index contributed by atoms with van der Waals surface area (Å²) in [5, 5.41) is 11.8. The minimum Gasteiger partial charge on any atom is -0.384 e. The van der Waals surface area contributed by atoms with E-state index in [-0.39, 0.29) is 0 Å². The van der Waals surface area contributed by atoms with Crippen molar-refractivity contribution in [1.82, 2.24) is 0 Å². The fourth-order valence-corrected chi connectivity index (χ4v) is 3.04. The van der Waals surface area contributed by atoms with Crippen molar-refractivity contribution in [2.45, 2.75) is 13.3 Å². The molecule has 1 fully saturated rings. The van der Waals surface area contributed by atoms with Crippen molar-refractivity contribution in [2.24, 2.45) is 5.92 Å².